The predicted molar refractivity (Wildman–Crippen MR) is 76.4 cm³/mol. The number of hydrogen-bond acceptors (Lipinski definition) is 4. The Balaban J connectivity index is 2.46. The minimum Gasteiger partial charge on any atom is -0.315 e. The highest BCUT2D eigenvalue weighted by molar-refractivity contribution is 7.89. The van der Waals surface area contributed by atoms with Crippen LogP contribution in [0.25, 0.3) is 0 Å². The molecule has 1 aromatic heterocycles. The normalized spacial score (nSPS) is 11.9. The summed E-state index contributed by atoms with van der Waals surface area (Å²) in [6, 6.07) is 1.73. The van der Waals surface area contributed by atoms with Crippen molar-refractivity contribution in [3.05, 3.63) is 16.3 Å². The van der Waals surface area contributed by atoms with E-state index in [0.29, 0.717) is 18.0 Å². The van der Waals surface area contributed by atoms with Crippen molar-refractivity contribution in [1.29, 1.82) is 0 Å². The summed E-state index contributed by atoms with van der Waals surface area (Å²) in [7, 11) is -1.47. The van der Waals surface area contributed by atoms with Gasteiger partial charge in [-0.05, 0) is 19.5 Å². The first-order chi connectivity index (χ1) is 8.60. The number of rotatable bonds is 9. The summed E-state index contributed by atoms with van der Waals surface area (Å²) in [5.74, 6) is 0. The third-order valence-corrected chi connectivity index (χ3v) is 5.14. The molecule has 18 heavy (non-hydrogen) atoms. The van der Waals surface area contributed by atoms with Crippen LogP contribution in [-0.4, -0.2) is 22.0 Å². The van der Waals surface area contributed by atoms with Gasteiger partial charge in [0.2, 0.25) is 10.0 Å². The number of thiophene rings is 1. The lowest BCUT2D eigenvalue weighted by Gasteiger charge is -2.04. The summed E-state index contributed by atoms with van der Waals surface area (Å²) < 4.78 is 26.6. The molecule has 0 saturated heterocycles. The number of hydrogen-bond donors (Lipinski definition) is 2. The molecule has 1 heterocycles. The summed E-state index contributed by atoms with van der Waals surface area (Å²) in [6.07, 6.45) is 4.30. The highest BCUT2D eigenvalue weighted by atomic mass is 32.2. The van der Waals surface area contributed by atoms with E-state index in [0.717, 1.165) is 30.6 Å². The van der Waals surface area contributed by atoms with Crippen molar-refractivity contribution in [3.8, 4) is 0 Å². The van der Waals surface area contributed by atoms with Gasteiger partial charge in [-0.15, -0.1) is 11.3 Å². The van der Waals surface area contributed by atoms with E-state index in [1.165, 1.54) is 11.3 Å². The van der Waals surface area contributed by atoms with E-state index in [1.807, 2.05) is 7.05 Å². The molecule has 4 nitrogen and oxygen atoms in total. The Morgan fingerprint density at radius 1 is 1.28 bits per heavy atom. The maximum Gasteiger partial charge on any atom is 0.241 e. The van der Waals surface area contributed by atoms with Crippen molar-refractivity contribution in [2.75, 3.05) is 13.6 Å². The van der Waals surface area contributed by atoms with E-state index in [2.05, 4.69) is 17.0 Å². The third kappa shape index (κ3) is 5.06. The van der Waals surface area contributed by atoms with Crippen LogP contribution in [0.15, 0.2) is 16.3 Å². The van der Waals surface area contributed by atoms with Crippen molar-refractivity contribution in [3.63, 3.8) is 0 Å². The van der Waals surface area contributed by atoms with Gasteiger partial charge >= 0.3 is 0 Å². The van der Waals surface area contributed by atoms with Gasteiger partial charge in [0.25, 0.3) is 0 Å². The van der Waals surface area contributed by atoms with Crippen molar-refractivity contribution < 1.29 is 8.42 Å². The van der Waals surface area contributed by atoms with Crippen LogP contribution >= 0.6 is 11.3 Å². The molecule has 0 aliphatic heterocycles. The molecule has 0 unspecified atom stereocenters. The van der Waals surface area contributed by atoms with Gasteiger partial charge in [0, 0.05) is 23.3 Å². The SMILES string of the molecule is CCCCCCNS(=O)(=O)c1csc(CNC)c1. The molecule has 6 heteroatoms. The molecular formula is C12H22N2O2S2. The van der Waals surface area contributed by atoms with Gasteiger partial charge in [-0.2, -0.15) is 0 Å². The van der Waals surface area contributed by atoms with E-state index in [4.69, 9.17) is 0 Å². The van der Waals surface area contributed by atoms with Gasteiger partial charge < -0.3 is 5.32 Å². The van der Waals surface area contributed by atoms with Crippen LogP contribution in [0.1, 0.15) is 37.5 Å². The molecule has 2 N–H and O–H groups in total. The smallest absolute Gasteiger partial charge is 0.241 e. The molecule has 0 atom stereocenters. The minimum atomic E-state index is -3.31. The highest BCUT2D eigenvalue weighted by Gasteiger charge is 2.15. The molecule has 0 fully saturated rings. The summed E-state index contributed by atoms with van der Waals surface area (Å²) in [5.41, 5.74) is 0. The van der Waals surface area contributed by atoms with Crippen LogP contribution in [0.5, 0.6) is 0 Å². The molecule has 0 aliphatic rings. The first-order valence-corrected chi connectivity index (χ1v) is 8.68. The Morgan fingerprint density at radius 2 is 2.06 bits per heavy atom. The van der Waals surface area contributed by atoms with Crippen molar-refractivity contribution in [1.82, 2.24) is 10.0 Å². The lowest BCUT2D eigenvalue weighted by molar-refractivity contribution is 0.574. The van der Waals surface area contributed by atoms with E-state index < -0.39 is 10.0 Å². The quantitative estimate of drug-likeness (QED) is 0.686. The first-order valence-electron chi connectivity index (χ1n) is 6.32. The molecule has 0 radical (unpaired) electrons. The highest BCUT2D eigenvalue weighted by Crippen LogP contribution is 2.18. The van der Waals surface area contributed by atoms with Crippen molar-refractivity contribution in [2.24, 2.45) is 0 Å². The molecule has 0 saturated carbocycles. The van der Waals surface area contributed by atoms with Crippen LogP contribution in [0.3, 0.4) is 0 Å². The van der Waals surface area contributed by atoms with Gasteiger partial charge in [0.05, 0.1) is 4.90 Å². The lowest BCUT2D eigenvalue weighted by Crippen LogP contribution is -2.24. The van der Waals surface area contributed by atoms with E-state index in [9.17, 15) is 8.42 Å². The molecule has 0 aromatic carbocycles. The van der Waals surface area contributed by atoms with Crippen LogP contribution in [0, 0.1) is 0 Å². The summed E-state index contributed by atoms with van der Waals surface area (Å²) >= 11 is 1.47. The van der Waals surface area contributed by atoms with Crippen LogP contribution < -0.4 is 10.0 Å². The Hall–Kier alpha value is -0.430. The van der Waals surface area contributed by atoms with Gasteiger partial charge in [-0.25, -0.2) is 13.1 Å². The van der Waals surface area contributed by atoms with Gasteiger partial charge in [-0.3, -0.25) is 0 Å². The maximum absolute atomic E-state index is 12.0. The molecular weight excluding hydrogens is 268 g/mol. The first kappa shape index (κ1) is 15.6. The predicted octanol–water partition coefficient (Wildman–Crippen LogP) is 2.33. The number of unbranched alkanes of at least 4 members (excludes halogenated alkanes) is 3. The summed E-state index contributed by atoms with van der Waals surface area (Å²) in [5, 5.41) is 4.71. The molecule has 104 valence electrons. The zero-order chi connectivity index (χ0) is 13.4. The van der Waals surface area contributed by atoms with Crippen molar-refractivity contribution in [2.45, 2.75) is 44.0 Å². The molecule has 0 bridgehead atoms. The van der Waals surface area contributed by atoms with Gasteiger partial charge in [0.15, 0.2) is 0 Å². The molecule has 1 rings (SSSR count). The van der Waals surface area contributed by atoms with Gasteiger partial charge in [-0.1, -0.05) is 26.2 Å². The van der Waals surface area contributed by atoms with Crippen LogP contribution in [-0.2, 0) is 16.6 Å². The Labute approximate surface area is 114 Å². The maximum atomic E-state index is 12.0. The van der Waals surface area contributed by atoms with Crippen LogP contribution in [0.2, 0.25) is 0 Å². The fourth-order valence-corrected chi connectivity index (χ4v) is 3.97. The van der Waals surface area contributed by atoms with Gasteiger partial charge in [0.1, 0.15) is 0 Å². The van der Waals surface area contributed by atoms with Crippen molar-refractivity contribution >= 4 is 21.4 Å². The second kappa shape index (κ2) is 7.89. The summed E-state index contributed by atoms with van der Waals surface area (Å²) in [4.78, 5) is 1.41. The summed E-state index contributed by atoms with van der Waals surface area (Å²) in [6.45, 7) is 3.37. The van der Waals surface area contributed by atoms with Crippen LogP contribution in [0.4, 0.5) is 0 Å². The fraction of sp³-hybridized carbons (Fsp3) is 0.667. The molecule has 0 aliphatic carbocycles. The number of sulfonamides is 1. The topological polar surface area (TPSA) is 58.2 Å². The Bertz CT molecular complexity index is 441. The Kier molecular flexibility index (Phi) is 6.85. The largest absolute Gasteiger partial charge is 0.315 e. The fourth-order valence-electron chi connectivity index (χ4n) is 1.61. The van der Waals surface area contributed by atoms with E-state index >= 15 is 0 Å². The average Bonchev–Trinajstić information content (AvgIpc) is 2.79. The second-order valence-corrected chi connectivity index (χ2v) is 7.00. The molecule has 0 spiro atoms. The standard InChI is InChI=1S/C12H22N2O2S2/c1-3-4-5-6-7-14-18(15,16)12-8-11(9-13-2)17-10-12/h8,10,13-14H,3-7,9H2,1-2H3. The molecule has 1 aromatic rings. The zero-order valence-corrected chi connectivity index (χ0v) is 12.7. The number of nitrogens with one attached hydrogen (secondary N) is 2. The monoisotopic (exact) mass is 290 g/mol. The third-order valence-electron chi connectivity index (χ3n) is 2.61. The van der Waals surface area contributed by atoms with E-state index in [1.54, 1.807) is 11.4 Å². The molecule has 0 amide bonds. The second-order valence-electron chi connectivity index (χ2n) is 4.24. The minimum absolute atomic E-state index is 0.383. The lowest BCUT2D eigenvalue weighted by atomic mass is 10.2. The Morgan fingerprint density at radius 3 is 2.72 bits per heavy atom. The zero-order valence-electron chi connectivity index (χ0n) is 11.0. The average molecular weight is 290 g/mol. The van der Waals surface area contributed by atoms with E-state index in [-0.39, 0.29) is 0 Å².